The molecule has 146 valence electrons. The van der Waals surface area contributed by atoms with Crippen LogP contribution in [0.3, 0.4) is 0 Å². The van der Waals surface area contributed by atoms with Crippen LogP contribution >= 0.6 is 0 Å². The van der Waals surface area contributed by atoms with Gasteiger partial charge in [0.05, 0.1) is 0 Å². The Bertz CT molecular complexity index is 1290. The number of rotatable bonds is 3. The summed E-state index contributed by atoms with van der Waals surface area (Å²) in [6, 6.07) is 29.9. The van der Waals surface area contributed by atoms with Gasteiger partial charge in [-0.1, -0.05) is 72.8 Å². The minimum Gasteiger partial charge on any atom is -0.508 e. The normalized spacial score (nSPS) is 11.4. The highest BCUT2D eigenvalue weighted by molar-refractivity contribution is 5.93. The molecule has 0 saturated heterocycles. The number of phenols is 3. The van der Waals surface area contributed by atoms with Crippen molar-refractivity contribution in [3.63, 3.8) is 0 Å². The van der Waals surface area contributed by atoms with Crippen molar-refractivity contribution >= 4 is 21.5 Å². The summed E-state index contributed by atoms with van der Waals surface area (Å²) >= 11 is 0. The van der Waals surface area contributed by atoms with Gasteiger partial charge in [-0.25, -0.2) is 0 Å². The average molecular weight is 392 g/mol. The molecule has 0 fully saturated rings. The van der Waals surface area contributed by atoms with Gasteiger partial charge in [-0.3, -0.25) is 0 Å². The first-order valence-electron chi connectivity index (χ1n) is 9.83. The van der Waals surface area contributed by atoms with E-state index < -0.39 is 5.92 Å². The Balaban J connectivity index is 1.92. The van der Waals surface area contributed by atoms with E-state index in [0.717, 1.165) is 38.2 Å². The van der Waals surface area contributed by atoms with Crippen LogP contribution in [0.5, 0.6) is 17.2 Å². The van der Waals surface area contributed by atoms with E-state index >= 15 is 0 Å². The van der Waals surface area contributed by atoms with Crippen LogP contribution in [-0.4, -0.2) is 15.3 Å². The summed E-state index contributed by atoms with van der Waals surface area (Å²) in [5.41, 5.74) is 2.32. The zero-order chi connectivity index (χ0) is 20.7. The Morgan fingerprint density at radius 1 is 0.467 bits per heavy atom. The van der Waals surface area contributed by atoms with Crippen LogP contribution in [0, 0.1) is 0 Å². The third-order valence-corrected chi connectivity index (χ3v) is 5.70. The Labute approximate surface area is 174 Å². The zero-order valence-electron chi connectivity index (χ0n) is 16.2. The van der Waals surface area contributed by atoms with Gasteiger partial charge >= 0.3 is 0 Å². The maximum atomic E-state index is 11.0. The average Bonchev–Trinajstić information content (AvgIpc) is 2.77. The molecule has 5 rings (SSSR count). The van der Waals surface area contributed by atoms with E-state index in [1.807, 2.05) is 72.8 Å². The van der Waals surface area contributed by atoms with Crippen molar-refractivity contribution in [1.29, 1.82) is 0 Å². The lowest BCUT2D eigenvalue weighted by atomic mass is 9.80. The maximum Gasteiger partial charge on any atom is 0.120 e. The van der Waals surface area contributed by atoms with E-state index in [-0.39, 0.29) is 17.2 Å². The van der Waals surface area contributed by atoms with Crippen molar-refractivity contribution in [1.82, 2.24) is 0 Å². The molecule has 0 saturated carbocycles. The Kier molecular flexibility index (Phi) is 4.29. The molecule has 5 aromatic rings. The number of benzene rings is 5. The molecular weight excluding hydrogens is 372 g/mol. The molecule has 0 amide bonds. The van der Waals surface area contributed by atoms with Gasteiger partial charge in [-0.2, -0.15) is 0 Å². The molecule has 0 heterocycles. The molecular formula is C27H20O3. The molecule has 0 spiro atoms. The molecule has 0 aliphatic carbocycles. The Morgan fingerprint density at radius 3 is 1.43 bits per heavy atom. The highest BCUT2D eigenvalue weighted by atomic mass is 16.3. The predicted octanol–water partition coefficient (Wildman–Crippen LogP) is 6.29. The van der Waals surface area contributed by atoms with Crippen LogP contribution in [0.15, 0.2) is 97.1 Å². The van der Waals surface area contributed by atoms with Gasteiger partial charge < -0.3 is 15.3 Å². The van der Waals surface area contributed by atoms with E-state index in [1.165, 1.54) is 0 Å². The predicted molar refractivity (Wildman–Crippen MR) is 120 cm³/mol. The second-order valence-electron chi connectivity index (χ2n) is 7.46. The topological polar surface area (TPSA) is 60.7 Å². The lowest BCUT2D eigenvalue weighted by molar-refractivity contribution is 0.460. The lowest BCUT2D eigenvalue weighted by Crippen LogP contribution is -2.06. The number of hydrogen-bond donors (Lipinski definition) is 3. The van der Waals surface area contributed by atoms with Crippen LogP contribution in [-0.2, 0) is 0 Å². The highest BCUT2D eigenvalue weighted by Gasteiger charge is 2.26. The Morgan fingerprint density at radius 2 is 0.933 bits per heavy atom. The molecule has 0 radical (unpaired) electrons. The van der Waals surface area contributed by atoms with E-state index in [0.29, 0.717) is 0 Å². The third kappa shape index (κ3) is 2.92. The van der Waals surface area contributed by atoms with Crippen LogP contribution in [0.1, 0.15) is 22.6 Å². The maximum absolute atomic E-state index is 11.0. The first-order chi connectivity index (χ1) is 14.6. The molecule has 3 N–H and O–H groups in total. The quantitative estimate of drug-likeness (QED) is 0.316. The highest BCUT2D eigenvalue weighted by Crippen LogP contribution is 2.46. The number of hydrogen-bond acceptors (Lipinski definition) is 3. The monoisotopic (exact) mass is 392 g/mol. The summed E-state index contributed by atoms with van der Waals surface area (Å²) in [6.07, 6.45) is 0. The van der Waals surface area contributed by atoms with Gasteiger partial charge in [-0.05, 0) is 51.4 Å². The largest absolute Gasteiger partial charge is 0.508 e. The van der Waals surface area contributed by atoms with Gasteiger partial charge in [0, 0.05) is 17.0 Å². The van der Waals surface area contributed by atoms with Crippen LogP contribution in [0.4, 0.5) is 0 Å². The van der Waals surface area contributed by atoms with Crippen molar-refractivity contribution in [3.05, 3.63) is 114 Å². The fraction of sp³-hybridized carbons (Fsp3) is 0.0370. The molecule has 0 atom stereocenters. The summed E-state index contributed by atoms with van der Waals surface area (Å²) in [7, 11) is 0. The summed E-state index contributed by atoms with van der Waals surface area (Å²) < 4.78 is 0. The van der Waals surface area contributed by atoms with E-state index in [4.69, 9.17) is 0 Å². The molecule has 0 bridgehead atoms. The molecule has 30 heavy (non-hydrogen) atoms. The minimum atomic E-state index is -0.428. The van der Waals surface area contributed by atoms with Crippen molar-refractivity contribution < 1.29 is 15.3 Å². The number of aromatic hydroxyl groups is 3. The van der Waals surface area contributed by atoms with Gasteiger partial charge in [0.1, 0.15) is 17.2 Å². The second-order valence-corrected chi connectivity index (χ2v) is 7.46. The third-order valence-electron chi connectivity index (χ3n) is 5.70. The molecule has 5 aromatic carbocycles. The summed E-state index contributed by atoms with van der Waals surface area (Å²) in [5.74, 6) is 0.0720. The summed E-state index contributed by atoms with van der Waals surface area (Å²) in [4.78, 5) is 0. The van der Waals surface area contributed by atoms with Gasteiger partial charge in [0.2, 0.25) is 0 Å². The number of fused-ring (bicyclic) bond motifs is 2. The smallest absolute Gasteiger partial charge is 0.120 e. The first-order valence-corrected chi connectivity index (χ1v) is 9.83. The molecule has 3 heteroatoms. The SMILES string of the molecule is Oc1ccc(C(c2c(O)ccc3ccccc23)c2c(O)ccc3ccccc23)cc1. The van der Waals surface area contributed by atoms with Crippen molar-refractivity contribution in [2.75, 3.05) is 0 Å². The molecule has 0 unspecified atom stereocenters. The second kappa shape index (κ2) is 7.12. The zero-order valence-corrected chi connectivity index (χ0v) is 16.2. The van der Waals surface area contributed by atoms with E-state index in [2.05, 4.69) is 0 Å². The molecule has 0 aromatic heterocycles. The Hall–Kier alpha value is -3.98. The van der Waals surface area contributed by atoms with Crippen molar-refractivity contribution in [2.45, 2.75) is 5.92 Å². The van der Waals surface area contributed by atoms with Crippen molar-refractivity contribution in [2.24, 2.45) is 0 Å². The van der Waals surface area contributed by atoms with E-state index in [1.54, 1.807) is 24.3 Å². The number of phenolic OH excluding ortho intramolecular Hbond substituents is 3. The van der Waals surface area contributed by atoms with Crippen LogP contribution in [0.25, 0.3) is 21.5 Å². The fourth-order valence-corrected chi connectivity index (χ4v) is 4.32. The van der Waals surface area contributed by atoms with Gasteiger partial charge in [0.15, 0.2) is 0 Å². The standard InChI is InChI=1S/C27H20O3/c28-20-13-9-19(10-14-20)25(26-21-7-3-1-5-17(21)11-15-23(26)29)27-22-8-4-2-6-18(22)12-16-24(27)30/h1-16,25,28-30H. The van der Waals surface area contributed by atoms with Gasteiger partial charge in [0.25, 0.3) is 0 Å². The molecule has 0 aliphatic rings. The fourth-order valence-electron chi connectivity index (χ4n) is 4.32. The molecule has 3 nitrogen and oxygen atoms in total. The van der Waals surface area contributed by atoms with E-state index in [9.17, 15) is 15.3 Å². The molecule has 0 aliphatic heterocycles. The lowest BCUT2D eigenvalue weighted by Gasteiger charge is -2.24. The summed E-state index contributed by atoms with van der Waals surface area (Å²) in [5, 5.41) is 35.7. The first kappa shape index (κ1) is 18.1. The van der Waals surface area contributed by atoms with Crippen LogP contribution < -0.4 is 0 Å². The van der Waals surface area contributed by atoms with Crippen molar-refractivity contribution in [3.8, 4) is 17.2 Å². The minimum absolute atomic E-state index is 0.166. The summed E-state index contributed by atoms with van der Waals surface area (Å²) in [6.45, 7) is 0. The van der Waals surface area contributed by atoms with Crippen LogP contribution in [0.2, 0.25) is 0 Å². The van der Waals surface area contributed by atoms with Gasteiger partial charge in [-0.15, -0.1) is 0 Å².